The predicted octanol–water partition coefficient (Wildman–Crippen LogP) is 6.21. The molecular weight excluding hydrogens is 521 g/mol. The van der Waals surface area contributed by atoms with Crippen LogP contribution in [-0.4, -0.2) is 41.8 Å². The highest BCUT2D eigenvalue weighted by molar-refractivity contribution is 8.18. The Hall–Kier alpha value is -3.82. The van der Waals surface area contributed by atoms with Crippen molar-refractivity contribution in [3.63, 3.8) is 0 Å². The molecule has 1 fully saturated rings. The highest BCUT2D eigenvalue weighted by Gasteiger charge is 2.34. The van der Waals surface area contributed by atoms with Crippen LogP contribution in [0.3, 0.4) is 0 Å². The van der Waals surface area contributed by atoms with Crippen molar-refractivity contribution in [1.82, 2.24) is 4.90 Å². The topological polar surface area (TPSA) is 82.1 Å². The van der Waals surface area contributed by atoms with E-state index in [1.807, 2.05) is 0 Å². The monoisotopic (exact) mass is 541 g/mol. The third-order valence-electron chi connectivity index (χ3n) is 5.12. The largest absolute Gasteiger partial charge is 0.492 e. The third kappa shape index (κ3) is 6.69. The summed E-state index contributed by atoms with van der Waals surface area (Å²) in [7, 11) is 0. The fraction of sp³-hybridized carbons (Fsp3) is 0.148. The molecular formula is C27H21ClFNO6S. The van der Waals surface area contributed by atoms with E-state index in [4.69, 9.17) is 25.8 Å². The molecule has 1 heterocycles. The maximum absolute atomic E-state index is 13.1. The smallest absolute Gasteiger partial charge is 0.343 e. The second kappa shape index (κ2) is 11.9. The number of thioether (sulfide) groups is 1. The fourth-order valence-corrected chi connectivity index (χ4v) is 4.33. The number of esters is 1. The number of nitrogens with zero attached hydrogens (tertiary/aromatic N) is 1. The van der Waals surface area contributed by atoms with E-state index in [2.05, 4.69) is 0 Å². The van der Waals surface area contributed by atoms with Crippen molar-refractivity contribution in [1.29, 1.82) is 0 Å². The number of rotatable bonds is 9. The maximum atomic E-state index is 13.1. The number of hydrogen-bond donors (Lipinski definition) is 0. The number of imide groups is 1. The Kier molecular flexibility index (Phi) is 8.47. The summed E-state index contributed by atoms with van der Waals surface area (Å²) in [5, 5.41) is 0.181. The molecule has 0 radical (unpaired) electrons. The van der Waals surface area contributed by atoms with Crippen molar-refractivity contribution in [2.24, 2.45) is 0 Å². The SMILES string of the molecule is CCOc1cc(/C=C2\SC(=O)N(CCOc3ccc(Cl)cc3)C2=O)ccc1OC(=O)c1ccc(F)cc1. The fourth-order valence-electron chi connectivity index (χ4n) is 3.34. The second-order valence-corrected chi connectivity index (χ2v) is 9.10. The van der Waals surface area contributed by atoms with Gasteiger partial charge in [-0.2, -0.15) is 0 Å². The van der Waals surface area contributed by atoms with Crippen LogP contribution in [0.15, 0.2) is 71.6 Å². The first-order valence-electron chi connectivity index (χ1n) is 11.2. The lowest BCUT2D eigenvalue weighted by Crippen LogP contribution is -2.32. The molecule has 0 N–H and O–H groups in total. The summed E-state index contributed by atoms with van der Waals surface area (Å²) in [5.41, 5.74) is 0.759. The molecule has 4 rings (SSSR count). The van der Waals surface area contributed by atoms with E-state index in [0.717, 1.165) is 16.7 Å². The van der Waals surface area contributed by atoms with E-state index in [1.165, 1.54) is 30.3 Å². The average molecular weight is 542 g/mol. The van der Waals surface area contributed by atoms with Crippen molar-refractivity contribution < 1.29 is 33.0 Å². The number of ether oxygens (including phenoxy) is 3. The second-order valence-electron chi connectivity index (χ2n) is 7.67. The third-order valence-corrected chi connectivity index (χ3v) is 6.28. The molecule has 0 aromatic heterocycles. The molecule has 10 heteroatoms. The standard InChI is InChI=1S/C27H21ClFNO6S/c1-2-34-23-15-17(3-12-22(23)36-26(32)18-4-8-20(29)9-5-18)16-24-25(31)30(27(33)37-24)13-14-35-21-10-6-19(28)7-11-21/h3-12,15-16H,2,13-14H2,1H3/b24-16-. The van der Waals surface area contributed by atoms with Gasteiger partial charge in [0.1, 0.15) is 18.2 Å². The van der Waals surface area contributed by atoms with Gasteiger partial charge in [0, 0.05) is 5.02 Å². The molecule has 3 aromatic carbocycles. The minimum absolute atomic E-state index is 0.0904. The lowest BCUT2D eigenvalue weighted by molar-refractivity contribution is -0.123. The summed E-state index contributed by atoms with van der Waals surface area (Å²) in [5.74, 6) is -0.539. The van der Waals surface area contributed by atoms with E-state index in [9.17, 15) is 18.8 Å². The zero-order chi connectivity index (χ0) is 26.4. The van der Waals surface area contributed by atoms with Gasteiger partial charge in [-0.3, -0.25) is 14.5 Å². The zero-order valence-corrected chi connectivity index (χ0v) is 21.2. The Balaban J connectivity index is 1.44. The van der Waals surface area contributed by atoms with Gasteiger partial charge in [-0.25, -0.2) is 9.18 Å². The molecule has 3 aromatic rings. The summed E-state index contributed by atoms with van der Waals surface area (Å²) in [4.78, 5) is 39.0. The van der Waals surface area contributed by atoms with Gasteiger partial charge in [-0.15, -0.1) is 0 Å². The van der Waals surface area contributed by atoms with Crippen LogP contribution >= 0.6 is 23.4 Å². The molecule has 1 aliphatic rings. The highest BCUT2D eigenvalue weighted by atomic mass is 35.5. The summed E-state index contributed by atoms with van der Waals surface area (Å²) in [6.45, 7) is 2.30. The highest BCUT2D eigenvalue weighted by Crippen LogP contribution is 2.35. The van der Waals surface area contributed by atoms with Crippen molar-refractivity contribution in [3.8, 4) is 17.2 Å². The van der Waals surface area contributed by atoms with Gasteiger partial charge in [0.2, 0.25) is 0 Å². The van der Waals surface area contributed by atoms with Crippen LogP contribution < -0.4 is 14.2 Å². The van der Waals surface area contributed by atoms with Crippen molar-refractivity contribution in [2.75, 3.05) is 19.8 Å². The van der Waals surface area contributed by atoms with Crippen LogP contribution in [0.2, 0.25) is 5.02 Å². The summed E-state index contributed by atoms with van der Waals surface area (Å²) in [6, 6.07) is 16.5. The molecule has 0 spiro atoms. The molecule has 0 unspecified atom stereocenters. The van der Waals surface area contributed by atoms with Gasteiger partial charge in [0.05, 0.1) is 23.6 Å². The Bertz CT molecular complexity index is 1340. The molecule has 1 aliphatic heterocycles. The Labute approximate surface area is 221 Å². The molecule has 2 amide bonds. The molecule has 37 heavy (non-hydrogen) atoms. The van der Waals surface area contributed by atoms with Gasteiger partial charge in [-0.1, -0.05) is 17.7 Å². The van der Waals surface area contributed by atoms with E-state index >= 15 is 0 Å². The van der Waals surface area contributed by atoms with Crippen LogP contribution in [0.4, 0.5) is 9.18 Å². The first kappa shape index (κ1) is 26.2. The van der Waals surface area contributed by atoms with Crippen LogP contribution in [-0.2, 0) is 4.79 Å². The van der Waals surface area contributed by atoms with Crippen LogP contribution in [0.1, 0.15) is 22.8 Å². The molecule has 0 saturated carbocycles. The Morgan fingerprint density at radius 1 is 1.00 bits per heavy atom. The number of hydrogen-bond acceptors (Lipinski definition) is 7. The molecule has 1 saturated heterocycles. The van der Waals surface area contributed by atoms with E-state index in [0.29, 0.717) is 22.9 Å². The predicted molar refractivity (Wildman–Crippen MR) is 139 cm³/mol. The van der Waals surface area contributed by atoms with E-state index in [1.54, 1.807) is 49.4 Å². The first-order chi connectivity index (χ1) is 17.8. The van der Waals surface area contributed by atoms with E-state index in [-0.39, 0.29) is 35.1 Å². The van der Waals surface area contributed by atoms with Gasteiger partial charge in [-0.05, 0) is 91.0 Å². The molecule has 0 bridgehead atoms. The molecule has 0 aliphatic carbocycles. The maximum Gasteiger partial charge on any atom is 0.343 e. The summed E-state index contributed by atoms with van der Waals surface area (Å²) >= 11 is 6.68. The Morgan fingerprint density at radius 3 is 2.43 bits per heavy atom. The van der Waals surface area contributed by atoms with Crippen LogP contribution in [0, 0.1) is 5.82 Å². The molecule has 190 valence electrons. The minimum Gasteiger partial charge on any atom is -0.492 e. The van der Waals surface area contributed by atoms with Gasteiger partial charge >= 0.3 is 5.97 Å². The lowest BCUT2D eigenvalue weighted by Gasteiger charge is -2.13. The number of benzene rings is 3. The van der Waals surface area contributed by atoms with Crippen LogP contribution in [0.5, 0.6) is 17.2 Å². The van der Waals surface area contributed by atoms with E-state index < -0.39 is 22.9 Å². The number of halogens is 2. The molecule has 0 atom stereocenters. The van der Waals surface area contributed by atoms with Gasteiger partial charge < -0.3 is 14.2 Å². The Morgan fingerprint density at radius 2 is 1.73 bits per heavy atom. The van der Waals surface area contributed by atoms with Gasteiger partial charge in [0.15, 0.2) is 11.5 Å². The average Bonchev–Trinajstić information content (AvgIpc) is 3.14. The normalized spacial score (nSPS) is 14.2. The number of amides is 2. The molecule has 7 nitrogen and oxygen atoms in total. The van der Waals surface area contributed by atoms with Crippen molar-refractivity contribution in [3.05, 3.63) is 93.6 Å². The minimum atomic E-state index is -0.671. The van der Waals surface area contributed by atoms with Gasteiger partial charge in [0.25, 0.3) is 11.1 Å². The quantitative estimate of drug-likeness (QED) is 0.181. The van der Waals surface area contributed by atoms with Crippen molar-refractivity contribution >= 4 is 46.6 Å². The first-order valence-corrected chi connectivity index (χ1v) is 12.4. The van der Waals surface area contributed by atoms with Crippen LogP contribution in [0.25, 0.3) is 6.08 Å². The summed E-state index contributed by atoms with van der Waals surface area (Å²) < 4.78 is 29.8. The number of carbonyl (C=O) groups is 3. The lowest BCUT2D eigenvalue weighted by atomic mass is 10.1. The summed E-state index contributed by atoms with van der Waals surface area (Å²) in [6.07, 6.45) is 1.57. The van der Waals surface area contributed by atoms with Crippen molar-refractivity contribution in [2.45, 2.75) is 6.92 Å². The zero-order valence-electron chi connectivity index (χ0n) is 19.6. The number of carbonyl (C=O) groups excluding carboxylic acids is 3.